The van der Waals surface area contributed by atoms with Gasteiger partial charge in [0.05, 0.1) is 11.6 Å². The highest BCUT2D eigenvalue weighted by atomic mass is 79.9. The second-order valence-electron chi connectivity index (χ2n) is 12.2. The number of aromatic nitrogens is 3. The van der Waals surface area contributed by atoms with Crippen molar-refractivity contribution in [1.29, 1.82) is 0 Å². The third-order valence-corrected chi connectivity index (χ3v) is 10.1. The molecule has 0 radical (unpaired) electrons. The maximum Gasteiger partial charge on any atom is 0.260 e. The van der Waals surface area contributed by atoms with E-state index in [0.29, 0.717) is 56.3 Å². The maximum absolute atomic E-state index is 13.7. The molecule has 2 aliphatic heterocycles. The van der Waals surface area contributed by atoms with Crippen molar-refractivity contribution in [2.45, 2.75) is 62.9 Å². The number of piperidine rings is 1. The summed E-state index contributed by atoms with van der Waals surface area (Å²) in [6, 6.07) is 11.0. The summed E-state index contributed by atoms with van der Waals surface area (Å²) in [4.78, 5) is 33.2. The number of nitrogens with zero attached hydrogens (tertiary/aromatic N) is 4. The van der Waals surface area contributed by atoms with Gasteiger partial charge in [0.15, 0.2) is 23.9 Å². The van der Waals surface area contributed by atoms with E-state index < -0.39 is 6.04 Å². The normalized spacial score (nSPS) is 19.2. The Labute approximate surface area is 274 Å². The molecule has 1 atom stereocenters. The van der Waals surface area contributed by atoms with Gasteiger partial charge in [0, 0.05) is 41.6 Å². The van der Waals surface area contributed by atoms with E-state index in [1.807, 2.05) is 41.3 Å². The van der Waals surface area contributed by atoms with Crippen molar-refractivity contribution in [3.8, 4) is 11.5 Å². The Hall–Kier alpha value is -3.02. The van der Waals surface area contributed by atoms with Crippen LogP contribution >= 0.6 is 39.3 Å². The number of likely N-dealkylation sites (tertiary alicyclic amines) is 1. The molecule has 1 saturated heterocycles. The number of rotatable bonds is 8. The molecule has 0 bridgehead atoms. The number of methoxy groups -OCH3 is 1. The van der Waals surface area contributed by atoms with Crippen molar-refractivity contribution in [2.75, 3.05) is 32.1 Å². The van der Waals surface area contributed by atoms with Crippen LogP contribution in [0, 0.1) is 5.41 Å². The van der Waals surface area contributed by atoms with Crippen LogP contribution in [-0.4, -0.2) is 58.2 Å². The van der Waals surface area contributed by atoms with Gasteiger partial charge in [-0.15, -0.1) is 5.10 Å². The van der Waals surface area contributed by atoms with E-state index in [9.17, 15) is 9.59 Å². The fraction of sp³-hybridized carbons (Fsp3) is 0.438. The summed E-state index contributed by atoms with van der Waals surface area (Å²) >= 11 is 11.5. The number of nitrogens with one attached hydrogen (secondary N) is 1. The van der Waals surface area contributed by atoms with Crippen LogP contribution in [-0.2, 0) is 15.3 Å². The van der Waals surface area contributed by atoms with Gasteiger partial charge in [-0.1, -0.05) is 55.4 Å². The Balaban J connectivity index is 1.33. The lowest BCUT2D eigenvalue weighted by Crippen LogP contribution is -2.38. The number of hydrogen-bond acceptors (Lipinski definition) is 8. The molecule has 3 heterocycles. The number of carbonyl (C=O) groups is 2. The van der Waals surface area contributed by atoms with Gasteiger partial charge in [-0.3, -0.25) is 9.59 Å². The molecule has 0 spiro atoms. The monoisotopic (exact) mass is 699 g/mol. The molecular formula is C32H35BrClN5O4S. The number of hydrogen-bond donors (Lipinski definition) is 1. The summed E-state index contributed by atoms with van der Waals surface area (Å²) in [6.45, 7) is 5.65. The van der Waals surface area contributed by atoms with Crippen molar-refractivity contribution in [3.05, 3.63) is 68.3 Å². The number of benzene rings is 2. The highest BCUT2D eigenvalue weighted by Gasteiger charge is 2.42. The molecule has 2 aromatic carbocycles. The second-order valence-corrected chi connectivity index (χ2v) is 14.4. The van der Waals surface area contributed by atoms with E-state index in [2.05, 4.69) is 35.1 Å². The van der Waals surface area contributed by atoms with E-state index in [4.69, 9.17) is 31.2 Å². The first-order chi connectivity index (χ1) is 21.1. The van der Waals surface area contributed by atoms with Crippen LogP contribution in [0.3, 0.4) is 0 Å². The Morgan fingerprint density at radius 2 is 1.95 bits per heavy atom. The average Bonchev–Trinajstić information content (AvgIpc) is 3.40. The topological polar surface area (TPSA) is 98.6 Å². The molecule has 1 aliphatic carbocycles. The molecule has 1 unspecified atom stereocenters. The molecule has 1 fully saturated rings. The standard InChI is InChI=1S/C32H35BrClN5O4S/c1-32(2)15-23-27(24(40)16-32)28(39-30(35-23)36-31(37-39)44-18-19-9-5-6-10-22(19)34)20-13-21(33)29(25(14-20)42-3)43-17-26(41)38-11-7-4-8-12-38/h5-6,9-10,13-14,28H,4,7-8,11-12,15-18H2,1-3H3,(H,35,36,37). The first kappa shape index (κ1) is 31.0. The highest BCUT2D eigenvalue weighted by Crippen LogP contribution is 2.48. The smallest absolute Gasteiger partial charge is 0.260 e. The number of ketones is 1. The zero-order chi connectivity index (χ0) is 31.0. The van der Waals surface area contributed by atoms with Gasteiger partial charge in [-0.2, -0.15) is 4.98 Å². The number of thioether (sulfide) groups is 1. The molecule has 12 heteroatoms. The van der Waals surface area contributed by atoms with Crippen LogP contribution in [0.25, 0.3) is 0 Å². The summed E-state index contributed by atoms with van der Waals surface area (Å²) in [6.07, 6.45) is 4.32. The van der Waals surface area contributed by atoms with E-state index >= 15 is 0 Å². The number of Topliss-reactive ketones (excluding diaryl/α,β-unsaturated/α-hetero) is 1. The lowest BCUT2D eigenvalue weighted by molar-refractivity contribution is -0.134. The molecule has 1 aromatic heterocycles. The number of anilines is 1. The molecule has 44 heavy (non-hydrogen) atoms. The molecule has 3 aromatic rings. The number of carbonyl (C=O) groups excluding carboxylic acids is 2. The average molecular weight is 701 g/mol. The quantitative estimate of drug-likeness (QED) is 0.250. The van der Waals surface area contributed by atoms with Crippen LogP contribution < -0.4 is 14.8 Å². The SMILES string of the molecule is COc1cc(C2C3=C(CC(C)(C)CC3=O)Nc3nc(SCc4ccccc4Cl)nn32)cc(Br)c1OCC(=O)N1CCCCC1. The molecule has 0 saturated carbocycles. The number of ether oxygens (including phenoxy) is 2. The lowest BCUT2D eigenvalue weighted by atomic mass is 9.73. The number of amides is 1. The van der Waals surface area contributed by atoms with Gasteiger partial charge in [0.2, 0.25) is 11.1 Å². The van der Waals surface area contributed by atoms with Gasteiger partial charge in [0.25, 0.3) is 5.91 Å². The van der Waals surface area contributed by atoms with E-state index in [1.54, 1.807) is 11.8 Å². The summed E-state index contributed by atoms with van der Waals surface area (Å²) < 4.78 is 14.2. The Bertz CT molecular complexity index is 1630. The van der Waals surface area contributed by atoms with Gasteiger partial charge in [-0.25, -0.2) is 4.68 Å². The largest absolute Gasteiger partial charge is 0.493 e. The minimum atomic E-state index is -0.527. The summed E-state index contributed by atoms with van der Waals surface area (Å²) in [7, 11) is 1.57. The Morgan fingerprint density at radius 3 is 2.70 bits per heavy atom. The predicted molar refractivity (Wildman–Crippen MR) is 174 cm³/mol. The number of halogens is 2. The zero-order valence-electron chi connectivity index (χ0n) is 25.0. The molecule has 6 rings (SSSR count). The van der Waals surface area contributed by atoms with Gasteiger partial charge >= 0.3 is 0 Å². The first-order valence-electron chi connectivity index (χ1n) is 14.8. The molecule has 1 N–H and O–H groups in total. The summed E-state index contributed by atoms with van der Waals surface area (Å²) in [5.74, 6) is 2.11. The van der Waals surface area contributed by atoms with Crippen molar-refractivity contribution in [1.82, 2.24) is 19.7 Å². The lowest BCUT2D eigenvalue weighted by Gasteiger charge is -2.38. The van der Waals surface area contributed by atoms with Gasteiger partial charge < -0.3 is 19.7 Å². The number of fused-ring (bicyclic) bond motifs is 1. The maximum atomic E-state index is 13.7. The Morgan fingerprint density at radius 1 is 1.18 bits per heavy atom. The third-order valence-electron chi connectivity index (χ3n) is 8.24. The summed E-state index contributed by atoms with van der Waals surface area (Å²) in [5, 5.41) is 9.58. The fourth-order valence-corrected chi connectivity index (χ4v) is 7.81. The van der Waals surface area contributed by atoms with Crippen molar-refractivity contribution < 1.29 is 19.1 Å². The van der Waals surface area contributed by atoms with Crippen LogP contribution in [0.4, 0.5) is 5.95 Å². The van der Waals surface area contributed by atoms with Crippen molar-refractivity contribution in [2.24, 2.45) is 5.41 Å². The molecular weight excluding hydrogens is 666 g/mol. The minimum Gasteiger partial charge on any atom is -0.493 e. The van der Waals surface area contributed by atoms with Crippen molar-refractivity contribution >= 4 is 56.9 Å². The van der Waals surface area contributed by atoms with Gasteiger partial charge in [-0.05, 0) is 76.4 Å². The molecule has 232 valence electrons. The predicted octanol–water partition coefficient (Wildman–Crippen LogP) is 7.04. The molecule has 1 amide bonds. The van der Waals surface area contributed by atoms with Crippen LogP contribution in [0.15, 0.2) is 57.3 Å². The molecule has 3 aliphatic rings. The molecule has 9 nitrogen and oxygen atoms in total. The van der Waals surface area contributed by atoms with Crippen LogP contribution in [0.2, 0.25) is 5.02 Å². The third kappa shape index (κ3) is 6.37. The fourth-order valence-electron chi connectivity index (χ4n) is 6.12. The second kappa shape index (κ2) is 12.8. The van der Waals surface area contributed by atoms with Crippen molar-refractivity contribution in [3.63, 3.8) is 0 Å². The van der Waals surface area contributed by atoms with E-state index in [-0.39, 0.29) is 23.7 Å². The van der Waals surface area contributed by atoms with Gasteiger partial charge in [0.1, 0.15) is 6.04 Å². The van der Waals surface area contributed by atoms with Crippen LogP contribution in [0.1, 0.15) is 63.1 Å². The summed E-state index contributed by atoms with van der Waals surface area (Å²) in [5.41, 5.74) is 3.13. The van der Waals surface area contributed by atoms with E-state index in [1.165, 1.54) is 11.8 Å². The zero-order valence-corrected chi connectivity index (χ0v) is 28.1. The van der Waals surface area contributed by atoms with E-state index in [0.717, 1.165) is 49.2 Å². The minimum absolute atomic E-state index is 0.0413. The highest BCUT2D eigenvalue weighted by molar-refractivity contribution is 9.10. The first-order valence-corrected chi connectivity index (χ1v) is 16.9. The number of allylic oxidation sites excluding steroid dienone is 2. The Kier molecular flexibility index (Phi) is 8.99. The van der Waals surface area contributed by atoms with Crippen LogP contribution in [0.5, 0.6) is 11.5 Å².